The van der Waals surface area contributed by atoms with Crippen LogP contribution in [0.4, 0.5) is 16.2 Å². The van der Waals surface area contributed by atoms with Crippen LogP contribution in [0.3, 0.4) is 0 Å². The van der Waals surface area contributed by atoms with Gasteiger partial charge in [-0.05, 0) is 48.6 Å². The molecule has 2 saturated heterocycles. The van der Waals surface area contributed by atoms with Crippen molar-refractivity contribution in [2.24, 2.45) is 5.92 Å². The van der Waals surface area contributed by atoms with E-state index < -0.39 is 0 Å². The van der Waals surface area contributed by atoms with Crippen molar-refractivity contribution in [2.75, 3.05) is 43.1 Å². The lowest BCUT2D eigenvalue weighted by Gasteiger charge is -2.19. The quantitative estimate of drug-likeness (QED) is 0.719. The topological polar surface area (TPSA) is 73.9 Å². The van der Waals surface area contributed by atoms with Gasteiger partial charge in [0, 0.05) is 56.6 Å². The first-order valence-corrected chi connectivity index (χ1v) is 10.9. The summed E-state index contributed by atoms with van der Waals surface area (Å²) in [7, 11) is 1.68. The summed E-state index contributed by atoms with van der Waals surface area (Å²) in [4.78, 5) is 28.4. The number of hydrogen-bond acceptors (Lipinski definition) is 4. The van der Waals surface area contributed by atoms with E-state index in [1.54, 1.807) is 7.11 Å². The lowest BCUT2D eigenvalue weighted by Crippen LogP contribution is -2.38. The fraction of sp³-hybridized carbons (Fsp3) is 0.417. The summed E-state index contributed by atoms with van der Waals surface area (Å²) in [6.07, 6.45) is 2.56. The molecule has 0 aromatic heterocycles. The average Bonchev–Trinajstić information content (AvgIpc) is 3.45. The number of rotatable bonds is 7. The van der Waals surface area contributed by atoms with E-state index in [-0.39, 0.29) is 11.9 Å². The van der Waals surface area contributed by atoms with Gasteiger partial charge in [-0.1, -0.05) is 18.2 Å². The maximum Gasteiger partial charge on any atom is 0.315 e. The Balaban J connectivity index is 1.22. The Morgan fingerprint density at radius 2 is 1.94 bits per heavy atom. The van der Waals surface area contributed by atoms with Crippen molar-refractivity contribution < 1.29 is 14.3 Å². The van der Waals surface area contributed by atoms with E-state index in [4.69, 9.17) is 4.74 Å². The SMILES string of the molecule is COc1cccc(N2CCC(CNC(=O)NCc3cccc(N4CCCC4=O)c3)C2)c1. The van der Waals surface area contributed by atoms with E-state index in [0.717, 1.165) is 55.2 Å². The molecule has 0 aliphatic carbocycles. The molecule has 0 spiro atoms. The Bertz CT molecular complexity index is 933. The summed E-state index contributed by atoms with van der Waals surface area (Å²) in [6.45, 7) is 3.74. The van der Waals surface area contributed by atoms with Crippen molar-refractivity contribution in [1.29, 1.82) is 0 Å². The van der Waals surface area contributed by atoms with Crippen LogP contribution in [0.5, 0.6) is 5.75 Å². The lowest BCUT2D eigenvalue weighted by molar-refractivity contribution is -0.117. The molecule has 1 unspecified atom stereocenters. The van der Waals surface area contributed by atoms with Gasteiger partial charge in [-0.25, -0.2) is 4.79 Å². The summed E-state index contributed by atoms with van der Waals surface area (Å²) in [5.41, 5.74) is 3.05. The van der Waals surface area contributed by atoms with Gasteiger partial charge >= 0.3 is 6.03 Å². The first kappa shape index (κ1) is 21.0. The van der Waals surface area contributed by atoms with Crippen LogP contribution >= 0.6 is 0 Å². The smallest absolute Gasteiger partial charge is 0.315 e. The van der Waals surface area contributed by atoms with E-state index in [2.05, 4.69) is 21.6 Å². The molecule has 2 N–H and O–H groups in total. The van der Waals surface area contributed by atoms with Gasteiger partial charge in [0.1, 0.15) is 5.75 Å². The highest BCUT2D eigenvalue weighted by atomic mass is 16.5. The number of methoxy groups -OCH3 is 1. The first-order chi connectivity index (χ1) is 15.1. The molecule has 2 fully saturated rings. The number of hydrogen-bond donors (Lipinski definition) is 2. The average molecular weight is 423 g/mol. The number of carbonyl (C=O) groups excluding carboxylic acids is 2. The van der Waals surface area contributed by atoms with Crippen molar-refractivity contribution in [2.45, 2.75) is 25.8 Å². The minimum absolute atomic E-state index is 0.164. The Morgan fingerprint density at radius 1 is 1.10 bits per heavy atom. The third-order valence-electron chi connectivity index (χ3n) is 6.00. The molecular weight excluding hydrogens is 392 g/mol. The van der Waals surface area contributed by atoms with Gasteiger partial charge in [-0.15, -0.1) is 0 Å². The van der Waals surface area contributed by atoms with Crippen molar-refractivity contribution in [3.05, 3.63) is 54.1 Å². The number of anilines is 2. The summed E-state index contributed by atoms with van der Waals surface area (Å²) >= 11 is 0. The zero-order chi connectivity index (χ0) is 21.6. The molecule has 2 aromatic carbocycles. The van der Waals surface area contributed by atoms with Gasteiger partial charge in [0.15, 0.2) is 0 Å². The molecule has 2 aromatic rings. The van der Waals surface area contributed by atoms with Crippen LogP contribution < -0.4 is 25.2 Å². The monoisotopic (exact) mass is 422 g/mol. The highest BCUT2D eigenvalue weighted by Gasteiger charge is 2.24. The molecule has 0 radical (unpaired) electrons. The molecular formula is C24H30N4O3. The molecule has 7 heteroatoms. The minimum atomic E-state index is -0.164. The molecule has 2 aliphatic heterocycles. The van der Waals surface area contributed by atoms with E-state index in [1.807, 2.05) is 47.4 Å². The van der Waals surface area contributed by atoms with Crippen molar-refractivity contribution in [1.82, 2.24) is 10.6 Å². The third-order valence-corrected chi connectivity index (χ3v) is 6.00. The lowest BCUT2D eigenvalue weighted by atomic mass is 10.1. The second kappa shape index (κ2) is 9.73. The van der Waals surface area contributed by atoms with Gasteiger partial charge < -0.3 is 25.2 Å². The predicted molar refractivity (Wildman–Crippen MR) is 122 cm³/mol. The second-order valence-electron chi connectivity index (χ2n) is 8.18. The largest absolute Gasteiger partial charge is 0.497 e. The number of nitrogens with zero attached hydrogens (tertiary/aromatic N) is 2. The number of ether oxygens (including phenoxy) is 1. The summed E-state index contributed by atoms with van der Waals surface area (Å²) in [5.74, 6) is 1.44. The van der Waals surface area contributed by atoms with E-state index in [0.29, 0.717) is 25.4 Å². The number of carbonyl (C=O) groups is 2. The van der Waals surface area contributed by atoms with Crippen LogP contribution in [0.1, 0.15) is 24.8 Å². The summed E-state index contributed by atoms with van der Waals surface area (Å²) < 4.78 is 5.31. The predicted octanol–water partition coefficient (Wildman–Crippen LogP) is 3.15. The van der Waals surface area contributed by atoms with Crippen molar-refractivity contribution in [3.8, 4) is 5.75 Å². The minimum Gasteiger partial charge on any atom is -0.497 e. The van der Waals surface area contributed by atoms with Crippen molar-refractivity contribution in [3.63, 3.8) is 0 Å². The van der Waals surface area contributed by atoms with Gasteiger partial charge in [-0.2, -0.15) is 0 Å². The highest BCUT2D eigenvalue weighted by molar-refractivity contribution is 5.95. The number of nitrogens with one attached hydrogen (secondary N) is 2. The van der Waals surface area contributed by atoms with Crippen LogP contribution in [-0.2, 0) is 11.3 Å². The normalized spacial score (nSPS) is 18.4. The molecule has 2 heterocycles. The van der Waals surface area contributed by atoms with E-state index in [9.17, 15) is 9.59 Å². The first-order valence-electron chi connectivity index (χ1n) is 10.9. The van der Waals surface area contributed by atoms with Gasteiger partial charge in [0.2, 0.25) is 5.91 Å². The molecule has 0 saturated carbocycles. The summed E-state index contributed by atoms with van der Waals surface area (Å²) in [5, 5.41) is 5.93. The third kappa shape index (κ3) is 5.29. The van der Waals surface area contributed by atoms with Crippen molar-refractivity contribution >= 4 is 23.3 Å². The fourth-order valence-electron chi connectivity index (χ4n) is 4.28. The second-order valence-corrected chi connectivity index (χ2v) is 8.18. The zero-order valence-corrected chi connectivity index (χ0v) is 18.0. The number of benzene rings is 2. The van der Waals surface area contributed by atoms with Gasteiger partial charge in [0.25, 0.3) is 0 Å². The van der Waals surface area contributed by atoms with E-state index in [1.165, 1.54) is 0 Å². The fourth-order valence-corrected chi connectivity index (χ4v) is 4.28. The van der Waals surface area contributed by atoms with E-state index >= 15 is 0 Å². The van der Waals surface area contributed by atoms with Crippen LogP contribution in [0, 0.1) is 5.92 Å². The Morgan fingerprint density at radius 3 is 2.74 bits per heavy atom. The molecule has 31 heavy (non-hydrogen) atoms. The van der Waals surface area contributed by atoms with Gasteiger partial charge in [-0.3, -0.25) is 4.79 Å². The Labute approximate surface area is 183 Å². The highest BCUT2D eigenvalue weighted by Crippen LogP contribution is 2.26. The zero-order valence-electron chi connectivity index (χ0n) is 18.0. The van der Waals surface area contributed by atoms with Crippen LogP contribution in [0.25, 0.3) is 0 Å². The van der Waals surface area contributed by atoms with Gasteiger partial charge in [0.05, 0.1) is 7.11 Å². The Kier molecular flexibility index (Phi) is 6.60. The standard InChI is InChI=1S/C24H30N4O3/c1-31-22-8-3-6-20(14-22)27-12-10-19(17-27)16-26-24(30)25-15-18-5-2-7-21(13-18)28-11-4-9-23(28)29/h2-3,5-8,13-14,19H,4,9-12,15-17H2,1H3,(H2,25,26,30). The van der Waals surface area contributed by atoms with Crippen LogP contribution in [0.2, 0.25) is 0 Å². The molecule has 1 atom stereocenters. The van der Waals surface area contributed by atoms with Crippen LogP contribution in [-0.4, -0.2) is 45.2 Å². The molecule has 4 rings (SSSR count). The maximum atomic E-state index is 12.3. The molecule has 3 amide bonds. The number of amides is 3. The molecule has 0 bridgehead atoms. The van der Waals surface area contributed by atoms with Crippen LogP contribution in [0.15, 0.2) is 48.5 Å². The molecule has 2 aliphatic rings. The Hall–Kier alpha value is -3.22. The molecule has 7 nitrogen and oxygen atoms in total. The molecule has 164 valence electrons. The summed E-state index contributed by atoms with van der Waals surface area (Å²) in [6, 6.07) is 15.7. The number of urea groups is 1. The maximum absolute atomic E-state index is 12.3.